The Labute approximate surface area is 199 Å². The summed E-state index contributed by atoms with van der Waals surface area (Å²) in [5.41, 5.74) is 13.3. The van der Waals surface area contributed by atoms with Gasteiger partial charge in [-0.3, -0.25) is 0 Å². The van der Waals surface area contributed by atoms with Crippen molar-refractivity contribution >= 4 is 13.0 Å². The Morgan fingerprint density at radius 1 is 0.576 bits per heavy atom. The predicted octanol–water partition coefficient (Wildman–Crippen LogP) is 7.92. The first-order valence-corrected chi connectivity index (χ1v) is 25.6. The Morgan fingerprint density at radius 2 is 1.09 bits per heavy atom. The zero-order valence-corrected chi connectivity index (χ0v) is 23.5. The van der Waals surface area contributed by atoms with Crippen LogP contribution in [-0.2, 0) is 17.4 Å². The first-order valence-electron chi connectivity index (χ1n) is 12.0. The third kappa shape index (κ3) is 3.11. The van der Waals surface area contributed by atoms with Crippen molar-refractivity contribution in [1.29, 1.82) is 0 Å². The van der Waals surface area contributed by atoms with Crippen molar-refractivity contribution in [2.45, 2.75) is 23.4 Å². The summed E-state index contributed by atoms with van der Waals surface area (Å²) in [5.74, 6) is 0. The van der Waals surface area contributed by atoms with Gasteiger partial charge in [0.2, 0.25) is 0 Å². The van der Waals surface area contributed by atoms with Gasteiger partial charge in [-0.25, -0.2) is 0 Å². The summed E-state index contributed by atoms with van der Waals surface area (Å²) in [5, 5.41) is 0. The molecular formula is C31H30SiZr. The van der Waals surface area contributed by atoms with E-state index in [1.807, 2.05) is 0 Å². The van der Waals surface area contributed by atoms with Crippen LogP contribution in [0.1, 0.15) is 36.4 Å². The second-order valence-electron chi connectivity index (χ2n) is 11.0. The summed E-state index contributed by atoms with van der Waals surface area (Å²) in [6, 6.07) is 36.3. The van der Waals surface area contributed by atoms with Gasteiger partial charge in [0, 0.05) is 0 Å². The van der Waals surface area contributed by atoms with Crippen molar-refractivity contribution in [3.63, 3.8) is 0 Å². The molecule has 4 aromatic rings. The predicted molar refractivity (Wildman–Crippen MR) is 142 cm³/mol. The molecule has 4 aromatic carbocycles. The van der Waals surface area contributed by atoms with Crippen LogP contribution in [0, 0.1) is 0 Å². The van der Waals surface area contributed by atoms with Crippen molar-refractivity contribution in [2.24, 2.45) is 0 Å². The van der Waals surface area contributed by atoms with Crippen LogP contribution in [0.15, 0.2) is 103 Å². The number of benzene rings is 4. The number of hydrogen-bond donors (Lipinski definition) is 0. The van der Waals surface area contributed by atoms with Crippen molar-refractivity contribution in [1.82, 2.24) is 0 Å². The molecule has 0 fully saturated rings. The van der Waals surface area contributed by atoms with Crippen molar-refractivity contribution in [3.8, 4) is 22.3 Å². The topological polar surface area (TPSA) is 0 Å². The van der Waals surface area contributed by atoms with Gasteiger partial charge in [0.1, 0.15) is 0 Å². The Kier molecular flexibility index (Phi) is 4.74. The van der Waals surface area contributed by atoms with Gasteiger partial charge in [-0.05, 0) is 0 Å². The molecule has 162 valence electrons. The van der Waals surface area contributed by atoms with E-state index >= 15 is 0 Å². The second-order valence-corrected chi connectivity index (χ2v) is 41.5. The maximum atomic E-state index is 2.72. The van der Waals surface area contributed by atoms with E-state index in [9.17, 15) is 0 Å². The minimum atomic E-state index is -3.47. The molecule has 0 spiro atoms. The molecule has 2 aliphatic carbocycles. The van der Waals surface area contributed by atoms with Crippen LogP contribution in [-0.4, -0.2) is 6.88 Å². The molecule has 1 unspecified atom stereocenters. The van der Waals surface area contributed by atoms with Crippen LogP contribution >= 0.6 is 0 Å². The maximum absolute atomic E-state index is 3.47. The van der Waals surface area contributed by atoms with Gasteiger partial charge in [0.25, 0.3) is 0 Å². The van der Waals surface area contributed by atoms with Crippen LogP contribution in [0.25, 0.3) is 28.3 Å². The second kappa shape index (κ2) is 7.36. The van der Waals surface area contributed by atoms with Gasteiger partial charge in [-0.1, -0.05) is 0 Å². The average Bonchev–Trinajstić information content (AvgIpc) is 3.35. The van der Waals surface area contributed by atoms with Gasteiger partial charge in [0.15, 0.2) is 0 Å². The molecule has 0 aromatic heterocycles. The molecule has 0 heterocycles. The molecule has 1 atom stereocenters. The molecule has 2 heteroatoms. The Balaban J connectivity index is 1.58. The molecule has 0 N–H and O–H groups in total. The van der Waals surface area contributed by atoms with Gasteiger partial charge in [-0.2, -0.15) is 0 Å². The van der Waals surface area contributed by atoms with Gasteiger partial charge in [0.05, 0.1) is 0 Å². The van der Waals surface area contributed by atoms with Crippen LogP contribution < -0.4 is 0 Å². The first kappa shape index (κ1) is 21.3. The van der Waals surface area contributed by atoms with E-state index < -0.39 is 17.4 Å². The fourth-order valence-corrected chi connectivity index (χ4v) is 26.9. The van der Waals surface area contributed by atoms with E-state index in [4.69, 9.17) is 0 Å². The Morgan fingerprint density at radius 3 is 1.73 bits per heavy atom. The molecular weight excluding hydrogens is 492 g/mol. The van der Waals surface area contributed by atoms with Gasteiger partial charge >= 0.3 is 201 Å². The number of rotatable bonds is 3. The fraction of sp³-hybridized carbons (Fsp3) is 0.161. The average molecular weight is 522 g/mol. The first-order chi connectivity index (χ1) is 15.9. The van der Waals surface area contributed by atoms with E-state index in [2.05, 4.69) is 126 Å². The number of allylic oxidation sites excluding steroid dienone is 1. The minimum absolute atomic E-state index is 0.539. The van der Waals surface area contributed by atoms with E-state index in [1.54, 1.807) is 22.3 Å². The van der Waals surface area contributed by atoms with Crippen LogP contribution in [0.2, 0.25) is 9.26 Å². The summed E-state index contributed by atoms with van der Waals surface area (Å²) in [6.45, 7) is 4.81. The number of hydrogen-bond acceptors (Lipinski definition) is 0. The van der Waals surface area contributed by atoms with Crippen LogP contribution in [0.3, 0.4) is 0 Å². The van der Waals surface area contributed by atoms with Crippen molar-refractivity contribution < 1.29 is 17.4 Å². The number of fused-ring (bicyclic) bond motifs is 4. The third-order valence-corrected chi connectivity index (χ3v) is 25.7. The fourth-order valence-electron chi connectivity index (χ4n) is 7.02. The van der Waals surface area contributed by atoms with E-state index in [0.29, 0.717) is 7.25 Å². The third-order valence-electron chi connectivity index (χ3n) is 8.09. The summed E-state index contributed by atoms with van der Waals surface area (Å²) in [4.78, 5) is 0. The monoisotopic (exact) mass is 520 g/mol. The normalized spacial score (nSPS) is 17.3. The summed E-state index contributed by atoms with van der Waals surface area (Å²) in [7, 11) is 0. The molecule has 0 bridgehead atoms. The van der Waals surface area contributed by atoms with Gasteiger partial charge < -0.3 is 0 Å². The molecule has 2 aliphatic rings. The molecule has 0 aliphatic heterocycles. The Bertz CT molecular complexity index is 1460. The molecule has 0 saturated carbocycles. The molecule has 6 rings (SSSR count). The molecule has 33 heavy (non-hydrogen) atoms. The summed E-state index contributed by atoms with van der Waals surface area (Å²) in [6.07, 6.45) is 2.50. The van der Waals surface area contributed by atoms with E-state index in [0.717, 1.165) is 0 Å². The quantitative estimate of drug-likeness (QED) is 0.240. The molecule has 0 amide bonds. The van der Waals surface area contributed by atoms with Gasteiger partial charge in [-0.15, -0.1) is 0 Å². The molecule has 0 radical (unpaired) electrons. The molecule has 0 nitrogen and oxygen atoms in total. The molecule has 0 saturated heterocycles. The summed E-state index contributed by atoms with van der Waals surface area (Å²) < 4.78 is 6.52. The van der Waals surface area contributed by atoms with Crippen molar-refractivity contribution in [2.75, 3.05) is 0 Å². The van der Waals surface area contributed by atoms with E-state index in [-0.39, 0.29) is 0 Å². The van der Waals surface area contributed by atoms with E-state index in [1.165, 1.54) is 27.8 Å². The van der Waals surface area contributed by atoms with Crippen LogP contribution in [0.5, 0.6) is 0 Å². The summed E-state index contributed by atoms with van der Waals surface area (Å²) >= 11 is -3.47. The zero-order chi connectivity index (χ0) is 22.8. The van der Waals surface area contributed by atoms with Crippen LogP contribution in [0.4, 0.5) is 0 Å². The van der Waals surface area contributed by atoms with Crippen molar-refractivity contribution in [3.05, 3.63) is 125 Å². The SMILES string of the molecule is CC1=Cc2c(-c3ccccc3)cccc2[CH]1[Zr]([CH3])([CH3])(=[SiH2])[CH]1c2ccccc2-c2ccccc21. The standard InChI is InChI=1S/C16H13.C13H9.2CH3.H2Si.Zr/c1-12-10-14-8-5-9-15(16(14)11-12)13-6-3-2-4-7-13;1-3-7-12-10(5-1)9-11-6-2-4-8-13(11)12;;;;/h2-11H,1H3;1-9H;2*1H3;1H2;. The zero-order valence-electron chi connectivity index (χ0n) is 19.7. The Hall–Kier alpha value is -2.28.